The minimum absolute atomic E-state index is 0.332. The first-order chi connectivity index (χ1) is 7.72. The Balaban J connectivity index is 2.11. The van der Waals surface area contributed by atoms with E-state index in [-0.39, 0.29) is 0 Å². The van der Waals surface area contributed by atoms with Crippen LogP contribution in [0.4, 0.5) is 5.95 Å². The van der Waals surface area contributed by atoms with Crippen LogP contribution in [0.15, 0.2) is 25.0 Å². The van der Waals surface area contributed by atoms with Gasteiger partial charge in [0.15, 0.2) is 0 Å². The highest BCUT2D eigenvalue weighted by atomic mass is 15.3. The average molecular weight is 220 g/mol. The normalized spacial score (nSPS) is 25.8. The number of nitrogens with zero attached hydrogens (tertiary/aromatic N) is 3. The van der Waals surface area contributed by atoms with Crippen LogP contribution >= 0.6 is 0 Å². The first-order valence-electron chi connectivity index (χ1n) is 5.85. The summed E-state index contributed by atoms with van der Waals surface area (Å²) < 4.78 is 2.12. The van der Waals surface area contributed by atoms with Crippen LogP contribution in [0.2, 0.25) is 0 Å². The predicted octanol–water partition coefficient (Wildman–Crippen LogP) is 1.24. The smallest absolute Gasteiger partial charge is 0.205 e. The molecule has 1 saturated heterocycles. The molecule has 1 aromatic heterocycles. The molecule has 0 bridgehead atoms. The van der Waals surface area contributed by atoms with Crippen molar-refractivity contribution < 1.29 is 0 Å². The molecular weight excluding hydrogens is 200 g/mol. The summed E-state index contributed by atoms with van der Waals surface area (Å²) in [5, 5.41) is 0. The van der Waals surface area contributed by atoms with Gasteiger partial charge in [-0.15, -0.1) is 6.58 Å². The van der Waals surface area contributed by atoms with E-state index in [1.807, 2.05) is 18.5 Å². The predicted molar refractivity (Wildman–Crippen MR) is 66.4 cm³/mol. The van der Waals surface area contributed by atoms with Gasteiger partial charge in [0.1, 0.15) is 0 Å². The van der Waals surface area contributed by atoms with Crippen LogP contribution in [0.25, 0.3) is 0 Å². The minimum atomic E-state index is 0.332. The third kappa shape index (κ3) is 2.11. The Morgan fingerprint density at radius 1 is 1.69 bits per heavy atom. The number of hydrogen-bond donors (Lipinski definition) is 1. The van der Waals surface area contributed by atoms with Gasteiger partial charge in [0, 0.05) is 38.1 Å². The number of imidazole rings is 1. The van der Waals surface area contributed by atoms with Crippen molar-refractivity contribution in [1.29, 1.82) is 0 Å². The second-order valence-electron chi connectivity index (χ2n) is 4.54. The van der Waals surface area contributed by atoms with Crippen molar-refractivity contribution in [3.63, 3.8) is 0 Å². The Morgan fingerprint density at radius 2 is 2.50 bits per heavy atom. The lowest BCUT2D eigenvalue weighted by molar-refractivity contribution is 0.378. The zero-order valence-electron chi connectivity index (χ0n) is 9.84. The van der Waals surface area contributed by atoms with Crippen LogP contribution in [0.3, 0.4) is 0 Å². The fourth-order valence-electron chi connectivity index (χ4n) is 2.21. The van der Waals surface area contributed by atoms with Gasteiger partial charge in [-0.1, -0.05) is 13.0 Å². The fraction of sp³-hybridized carbons (Fsp3) is 0.583. The maximum Gasteiger partial charge on any atom is 0.205 e. The standard InChI is InChI=1S/C12H20N4/c1-3-6-15-8-5-14-12(15)16-7-4-11(13)10(2)9-16/h3,5,8,10-11H,1,4,6-7,9,13H2,2H3. The van der Waals surface area contributed by atoms with Crippen LogP contribution < -0.4 is 10.6 Å². The molecule has 2 atom stereocenters. The lowest BCUT2D eigenvalue weighted by Crippen LogP contribution is -2.46. The number of anilines is 1. The first kappa shape index (κ1) is 11.2. The summed E-state index contributed by atoms with van der Waals surface area (Å²) >= 11 is 0. The number of aromatic nitrogens is 2. The molecule has 4 heteroatoms. The highest BCUT2D eigenvalue weighted by Crippen LogP contribution is 2.20. The SMILES string of the molecule is C=CCn1ccnc1N1CCC(N)C(C)C1. The number of piperidine rings is 1. The van der Waals surface area contributed by atoms with E-state index in [2.05, 4.69) is 28.0 Å². The van der Waals surface area contributed by atoms with E-state index >= 15 is 0 Å². The molecule has 0 aliphatic carbocycles. The van der Waals surface area contributed by atoms with Gasteiger partial charge in [-0.05, 0) is 12.3 Å². The highest BCUT2D eigenvalue weighted by Gasteiger charge is 2.25. The summed E-state index contributed by atoms with van der Waals surface area (Å²) in [7, 11) is 0. The van der Waals surface area contributed by atoms with Crippen molar-refractivity contribution in [3.05, 3.63) is 25.0 Å². The lowest BCUT2D eigenvalue weighted by atomic mass is 9.95. The molecule has 1 aliphatic heterocycles. The minimum Gasteiger partial charge on any atom is -0.342 e. The Hall–Kier alpha value is -1.29. The van der Waals surface area contributed by atoms with E-state index in [4.69, 9.17) is 5.73 Å². The van der Waals surface area contributed by atoms with Gasteiger partial charge in [-0.3, -0.25) is 0 Å². The zero-order valence-corrected chi connectivity index (χ0v) is 9.84. The number of allylic oxidation sites excluding steroid dienone is 1. The van der Waals surface area contributed by atoms with Crippen molar-refractivity contribution >= 4 is 5.95 Å². The average Bonchev–Trinajstić information content (AvgIpc) is 2.71. The number of hydrogen-bond acceptors (Lipinski definition) is 3. The van der Waals surface area contributed by atoms with Gasteiger partial charge in [0.05, 0.1) is 0 Å². The van der Waals surface area contributed by atoms with E-state index in [1.165, 1.54) is 0 Å². The molecule has 0 saturated carbocycles. The van der Waals surface area contributed by atoms with Crippen LogP contribution in [0, 0.1) is 5.92 Å². The van der Waals surface area contributed by atoms with Crippen molar-refractivity contribution in [2.24, 2.45) is 11.7 Å². The van der Waals surface area contributed by atoms with Crippen LogP contribution in [0.5, 0.6) is 0 Å². The molecule has 1 aliphatic rings. The summed E-state index contributed by atoms with van der Waals surface area (Å²) in [5.41, 5.74) is 6.02. The van der Waals surface area contributed by atoms with Crippen LogP contribution in [-0.2, 0) is 6.54 Å². The number of rotatable bonds is 3. The molecule has 16 heavy (non-hydrogen) atoms. The van der Waals surface area contributed by atoms with Crippen LogP contribution in [-0.4, -0.2) is 28.7 Å². The molecule has 2 heterocycles. The molecule has 4 nitrogen and oxygen atoms in total. The van der Waals surface area contributed by atoms with E-state index < -0.39 is 0 Å². The van der Waals surface area contributed by atoms with Gasteiger partial charge in [0.25, 0.3) is 0 Å². The molecule has 88 valence electrons. The second-order valence-corrected chi connectivity index (χ2v) is 4.54. The van der Waals surface area contributed by atoms with Gasteiger partial charge < -0.3 is 15.2 Å². The number of nitrogens with two attached hydrogens (primary N) is 1. The quantitative estimate of drug-likeness (QED) is 0.780. The summed E-state index contributed by atoms with van der Waals surface area (Å²) in [6.07, 6.45) is 6.78. The molecule has 0 aromatic carbocycles. The largest absolute Gasteiger partial charge is 0.342 e. The van der Waals surface area contributed by atoms with Crippen molar-refractivity contribution in [3.8, 4) is 0 Å². The molecule has 0 radical (unpaired) electrons. The third-order valence-electron chi connectivity index (χ3n) is 3.27. The van der Waals surface area contributed by atoms with E-state index in [9.17, 15) is 0 Å². The van der Waals surface area contributed by atoms with E-state index in [1.54, 1.807) is 0 Å². The summed E-state index contributed by atoms with van der Waals surface area (Å²) in [6.45, 7) is 8.77. The Morgan fingerprint density at radius 3 is 3.19 bits per heavy atom. The van der Waals surface area contributed by atoms with E-state index in [0.29, 0.717) is 12.0 Å². The Labute approximate surface area is 96.8 Å². The van der Waals surface area contributed by atoms with Gasteiger partial charge in [-0.25, -0.2) is 4.98 Å². The first-order valence-corrected chi connectivity index (χ1v) is 5.85. The lowest BCUT2D eigenvalue weighted by Gasteiger charge is -2.35. The molecule has 0 amide bonds. The molecule has 1 fully saturated rings. The second kappa shape index (κ2) is 4.70. The van der Waals surface area contributed by atoms with Gasteiger partial charge in [-0.2, -0.15) is 0 Å². The molecule has 2 unspecified atom stereocenters. The van der Waals surface area contributed by atoms with Crippen LogP contribution in [0.1, 0.15) is 13.3 Å². The summed E-state index contributed by atoms with van der Waals surface area (Å²) in [5.74, 6) is 1.57. The molecule has 2 N–H and O–H groups in total. The van der Waals surface area contributed by atoms with Crippen molar-refractivity contribution in [1.82, 2.24) is 9.55 Å². The van der Waals surface area contributed by atoms with Crippen molar-refractivity contribution in [2.75, 3.05) is 18.0 Å². The topological polar surface area (TPSA) is 47.1 Å². The molecule has 1 aromatic rings. The summed E-state index contributed by atoms with van der Waals surface area (Å²) in [6, 6.07) is 0.332. The maximum absolute atomic E-state index is 6.02. The summed E-state index contributed by atoms with van der Waals surface area (Å²) in [4.78, 5) is 6.74. The Kier molecular flexibility index (Phi) is 3.29. The zero-order chi connectivity index (χ0) is 11.5. The van der Waals surface area contributed by atoms with Crippen molar-refractivity contribution in [2.45, 2.75) is 25.9 Å². The van der Waals surface area contributed by atoms with Gasteiger partial charge in [0.2, 0.25) is 5.95 Å². The molecule has 2 rings (SSSR count). The molecule has 0 spiro atoms. The monoisotopic (exact) mass is 220 g/mol. The Bertz CT molecular complexity index is 358. The van der Waals surface area contributed by atoms with Gasteiger partial charge >= 0.3 is 0 Å². The highest BCUT2D eigenvalue weighted by molar-refractivity contribution is 5.32. The van der Waals surface area contributed by atoms with E-state index in [0.717, 1.165) is 32.0 Å². The molecular formula is C12H20N4. The fourth-order valence-corrected chi connectivity index (χ4v) is 2.21. The maximum atomic E-state index is 6.02. The third-order valence-corrected chi connectivity index (χ3v) is 3.27.